The summed E-state index contributed by atoms with van der Waals surface area (Å²) in [6, 6.07) is 11.2. The fraction of sp³-hybridized carbons (Fsp3) is 0.150. The van der Waals surface area contributed by atoms with Gasteiger partial charge in [0.1, 0.15) is 5.82 Å². The number of imidazole rings is 1. The number of halogens is 1. The van der Waals surface area contributed by atoms with Crippen molar-refractivity contribution in [3.05, 3.63) is 77.4 Å². The van der Waals surface area contributed by atoms with E-state index in [4.69, 9.17) is 0 Å². The van der Waals surface area contributed by atoms with Crippen LogP contribution in [0.2, 0.25) is 0 Å². The molecule has 2 N–H and O–H groups in total. The minimum atomic E-state index is -0.518. The zero-order valence-corrected chi connectivity index (χ0v) is 16.2. The molecule has 8 heteroatoms. The van der Waals surface area contributed by atoms with E-state index in [2.05, 4.69) is 21.9 Å². The average Bonchev–Trinajstić information content (AvgIpc) is 3.13. The lowest BCUT2D eigenvalue weighted by molar-refractivity contribution is -0.119. The first-order valence-corrected chi connectivity index (χ1v) is 9.51. The number of carbonyl (C=O) groups excluding carboxylic acids is 2. The van der Waals surface area contributed by atoms with Gasteiger partial charge in [-0.1, -0.05) is 29.5 Å². The highest BCUT2D eigenvalue weighted by Crippen LogP contribution is 2.23. The number of benzene rings is 2. The molecule has 0 aliphatic carbocycles. The van der Waals surface area contributed by atoms with E-state index < -0.39 is 11.7 Å². The first-order valence-electron chi connectivity index (χ1n) is 8.52. The molecule has 144 valence electrons. The Kier molecular flexibility index (Phi) is 6.10. The third kappa shape index (κ3) is 4.77. The van der Waals surface area contributed by atoms with Gasteiger partial charge in [0.05, 0.1) is 11.4 Å². The molecule has 6 nitrogen and oxygen atoms in total. The summed E-state index contributed by atoms with van der Waals surface area (Å²) in [6.45, 7) is 4.05. The molecule has 0 bridgehead atoms. The second kappa shape index (κ2) is 8.71. The van der Waals surface area contributed by atoms with Gasteiger partial charge >= 0.3 is 0 Å². The van der Waals surface area contributed by atoms with Gasteiger partial charge in [-0.25, -0.2) is 9.37 Å². The Morgan fingerprint density at radius 1 is 1.11 bits per heavy atom. The summed E-state index contributed by atoms with van der Waals surface area (Å²) in [6.07, 6.45) is 3.52. The number of aryl methyl sites for hydroxylation is 2. The number of hydrazine groups is 1. The van der Waals surface area contributed by atoms with E-state index in [9.17, 15) is 14.0 Å². The van der Waals surface area contributed by atoms with Crippen molar-refractivity contribution in [3.63, 3.8) is 0 Å². The van der Waals surface area contributed by atoms with Crippen molar-refractivity contribution >= 4 is 23.6 Å². The summed E-state index contributed by atoms with van der Waals surface area (Å²) in [4.78, 5) is 28.3. The molecule has 0 saturated heterocycles. The van der Waals surface area contributed by atoms with Gasteiger partial charge in [-0.2, -0.15) is 0 Å². The van der Waals surface area contributed by atoms with Crippen LogP contribution >= 0.6 is 11.8 Å². The van der Waals surface area contributed by atoms with Crippen molar-refractivity contribution < 1.29 is 14.0 Å². The number of nitrogens with one attached hydrogen (secondary N) is 2. The largest absolute Gasteiger partial charge is 0.295 e. The van der Waals surface area contributed by atoms with Gasteiger partial charge in [-0.05, 0) is 49.7 Å². The van der Waals surface area contributed by atoms with Crippen LogP contribution in [0.3, 0.4) is 0 Å². The van der Waals surface area contributed by atoms with E-state index in [1.807, 2.05) is 36.7 Å². The van der Waals surface area contributed by atoms with Crippen molar-refractivity contribution in [1.29, 1.82) is 0 Å². The van der Waals surface area contributed by atoms with Crippen molar-refractivity contribution in [2.45, 2.75) is 19.0 Å². The Labute approximate surface area is 166 Å². The standard InChI is InChI=1S/C20H19FN4O2S/c1-13-3-8-17(14(2)11-13)25-10-9-22-20(25)28-12-18(26)23-24-19(27)15-4-6-16(21)7-5-15/h3-11H,12H2,1-2H3,(H,23,26)(H,24,27). The predicted molar refractivity (Wildman–Crippen MR) is 106 cm³/mol. The normalized spacial score (nSPS) is 10.5. The van der Waals surface area contributed by atoms with Gasteiger partial charge < -0.3 is 0 Å². The Morgan fingerprint density at radius 2 is 1.86 bits per heavy atom. The van der Waals surface area contributed by atoms with Crippen molar-refractivity contribution in [2.24, 2.45) is 0 Å². The highest BCUT2D eigenvalue weighted by atomic mass is 32.2. The molecule has 0 aliphatic rings. The van der Waals surface area contributed by atoms with E-state index >= 15 is 0 Å². The molecular weight excluding hydrogens is 379 g/mol. The van der Waals surface area contributed by atoms with Crippen molar-refractivity contribution in [2.75, 3.05) is 5.75 Å². The first-order chi connectivity index (χ1) is 13.4. The number of rotatable bonds is 5. The van der Waals surface area contributed by atoms with E-state index in [0.29, 0.717) is 5.16 Å². The summed E-state index contributed by atoms with van der Waals surface area (Å²) in [5, 5.41) is 0.673. The van der Waals surface area contributed by atoms with E-state index in [1.54, 1.807) is 6.20 Å². The Bertz CT molecular complexity index is 1000. The topological polar surface area (TPSA) is 76.0 Å². The van der Waals surface area contributed by atoms with Crippen LogP contribution in [0.5, 0.6) is 0 Å². The van der Waals surface area contributed by atoms with Crippen LogP contribution in [0.15, 0.2) is 60.0 Å². The van der Waals surface area contributed by atoms with Crippen LogP contribution in [0.1, 0.15) is 21.5 Å². The first kappa shape index (κ1) is 19.6. The van der Waals surface area contributed by atoms with Crippen molar-refractivity contribution in [1.82, 2.24) is 20.4 Å². The summed E-state index contributed by atoms with van der Waals surface area (Å²) in [5.41, 5.74) is 8.18. The lowest BCUT2D eigenvalue weighted by atomic mass is 10.1. The molecule has 0 unspecified atom stereocenters. The number of thioether (sulfide) groups is 1. The molecule has 0 fully saturated rings. The highest BCUT2D eigenvalue weighted by molar-refractivity contribution is 7.99. The molecule has 3 rings (SSSR count). The molecule has 0 radical (unpaired) electrons. The van der Waals surface area contributed by atoms with Gasteiger partial charge in [-0.3, -0.25) is 25.0 Å². The van der Waals surface area contributed by atoms with Gasteiger partial charge in [-0.15, -0.1) is 0 Å². The summed E-state index contributed by atoms with van der Waals surface area (Å²) in [7, 11) is 0. The van der Waals surface area contributed by atoms with Gasteiger partial charge in [0.15, 0.2) is 5.16 Å². The van der Waals surface area contributed by atoms with Crippen LogP contribution in [0.25, 0.3) is 5.69 Å². The van der Waals surface area contributed by atoms with Crippen LogP contribution in [0.4, 0.5) is 4.39 Å². The lowest BCUT2D eigenvalue weighted by Gasteiger charge is -2.11. The van der Waals surface area contributed by atoms with Gasteiger partial charge in [0, 0.05) is 18.0 Å². The molecule has 2 aromatic carbocycles. The molecular formula is C20H19FN4O2S. The Hall–Kier alpha value is -3.13. The van der Waals surface area contributed by atoms with E-state index in [0.717, 1.165) is 11.3 Å². The molecule has 1 heterocycles. The molecule has 1 aromatic heterocycles. The maximum absolute atomic E-state index is 12.9. The minimum absolute atomic E-state index is 0.0750. The second-order valence-electron chi connectivity index (χ2n) is 6.17. The average molecular weight is 398 g/mol. The third-order valence-corrected chi connectivity index (χ3v) is 4.94. The van der Waals surface area contributed by atoms with Gasteiger partial charge in [0.25, 0.3) is 5.91 Å². The molecule has 2 amide bonds. The smallest absolute Gasteiger partial charge is 0.269 e. The number of nitrogens with zero attached hydrogens (tertiary/aromatic N) is 2. The summed E-state index contributed by atoms with van der Waals surface area (Å²) < 4.78 is 14.8. The number of carbonyl (C=O) groups is 2. The molecule has 0 aliphatic heterocycles. The van der Waals surface area contributed by atoms with Crippen LogP contribution in [-0.2, 0) is 4.79 Å². The van der Waals surface area contributed by atoms with E-state index in [-0.39, 0.29) is 17.2 Å². The quantitative estimate of drug-likeness (QED) is 0.511. The SMILES string of the molecule is Cc1ccc(-n2ccnc2SCC(=O)NNC(=O)c2ccc(F)cc2)c(C)c1. The molecule has 0 saturated carbocycles. The molecule has 0 atom stereocenters. The Balaban J connectivity index is 1.56. The van der Waals surface area contributed by atoms with Crippen LogP contribution < -0.4 is 10.9 Å². The zero-order chi connectivity index (χ0) is 20.1. The number of hydrogen-bond acceptors (Lipinski definition) is 4. The van der Waals surface area contributed by atoms with E-state index in [1.165, 1.54) is 41.6 Å². The van der Waals surface area contributed by atoms with Crippen LogP contribution in [-0.4, -0.2) is 27.1 Å². The maximum atomic E-state index is 12.9. The lowest BCUT2D eigenvalue weighted by Crippen LogP contribution is -2.42. The third-order valence-electron chi connectivity index (χ3n) is 3.97. The second-order valence-corrected chi connectivity index (χ2v) is 7.11. The fourth-order valence-electron chi connectivity index (χ4n) is 2.62. The molecule has 3 aromatic rings. The fourth-order valence-corrected chi connectivity index (χ4v) is 3.39. The van der Waals surface area contributed by atoms with Gasteiger partial charge in [0.2, 0.25) is 5.91 Å². The minimum Gasteiger partial charge on any atom is -0.295 e. The highest BCUT2D eigenvalue weighted by Gasteiger charge is 2.12. The number of hydrogen-bond donors (Lipinski definition) is 2. The van der Waals surface area contributed by atoms with Crippen LogP contribution in [0, 0.1) is 19.7 Å². The zero-order valence-electron chi connectivity index (χ0n) is 15.4. The number of amides is 2. The number of aromatic nitrogens is 2. The van der Waals surface area contributed by atoms with Crippen molar-refractivity contribution in [3.8, 4) is 5.69 Å². The molecule has 0 spiro atoms. The predicted octanol–water partition coefficient (Wildman–Crippen LogP) is 3.18. The summed E-state index contributed by atoms with van der Waals surface area (Å²) >= 11 is 1.26. The monoisotopic (exact) mass is 398 g/mol. The Morgan fingerprint density at radius 3 is 2.57 bits per heavy atom. The maximum Gasteiger partial charge on any atom is 0.269 e. The summed E-state index contributed by atoms with van der Waals surface area (Å²) in [5.74, 6) is -1.26. The molecule has 28 heavy (non-hydrogen) atoms.